The van der Waals surface area contributed by atoms with Crippen LogP contribution in [0.2, 0.25) is 0 Å². The van der Waals surface area contributed by atoms with Crippen LogP contribution in [0.4, 0.5) is 4.39 Å². The molecule has 1 aliphatic carbocycles. The van der Waals surface area contributed by atoms with Gasteiger partial charge in [0, 0.05) is 12.0 Å². The summed E-state index contributed by atoms with van der Waals surface area (Å²) in [5, 5.41) is 0. The van der Waals surface area contributed by atoms with Gasteiger partial charge in [-0.05, 0) is 30.9 Å². The number of rotatable bonds is 3. The van der Waals surface area contributed by atoms with Crippen LogP contribution < -0.4 is 0 Å². The summed E-state index contributed by atoms with van der Waals surface area (Å²) in [6.45, 7) is 0. The first-order chi connectivity index (χ1) is 6.25. The highest BCUT2D eigenvalue weighted by Crippen LogP contribution is 2.33. The first kappa shape index (κ1) is 8.42. The molecule has 0 aliphatic heterocycles. The SMILES string of the molecule is O=C(CC1CC1)c1cccc(F)c1. The van der Waals surface area contributed by atoms with E-state index in [2.05, 4.69) is 0 Å². The Morgan fingerprint density at radius 1 is 1.46 bits per heavy atom. The highest BCUT2D eigenvalue weighted by Gasteiger charge is 2.24. The third kappa shape index (κ3) is 2.14. The number of benzene rings is 1. The average molecular weight is 178 g/mol. The molecule has 1 nitrogen and oxygen atoms in total. The maximum atomic E-state index is 12.7. The quantitative estimate of drug-likeness (QED) is 0.650. The normalized spacial score (nSPS) is 15.8. The Morgan fingerprint density at radius 3 is 2.85 bits per heavy atom. The summed E-state index contributed by atoms with van der Waals surface area (Å²) in [6, 6.07) is 5.92. The zero-order valence-corrected chi connectivity index (χ0v) is 7.29. The van der Waals surface area contributed by atoms with E-state index in [1.807, 2.05) is 0 Å². The van der Waals surface area contributed by atoms with Crippen molar-refractivity contribution in [3.63, 3.8) is 0 Å². The maximum Gasteiger partial charge on any atom is 0.163 e. The minimum absolute atomic E-state index is 0.0713. The Morgan fingerprint density at radius 2 is 2.23 bits per heavy atom. The van der Waals surface area contributed by atoms with Gasteiger partial charge in [0.2, 0.25) is 0 Å². The van der Waals surface area contributed by atoms with Crippen molar-refractivity contribution in [2.24, 2.45) is 5.92 Å². The van der Waals surface area contributed by atoms with Crippen molar-refractivity contribution < 1.29 is 9.18 Å². The summed E-state index contributed by atoms with van der Waals surface area (Å²) in [4.78, 5) is 11.5. The average Bonchev–Trinajstić information content (AvgIpc) is 2.88. The molecule has 2 rings (SSSR count). The van der Waals surface area contributed by atoms with Crippen molar-refractivity contribution in [2.75, 3.05) is 0 Å². The minimum Gasteiger partial charge on any atom is -0.294 e. The monoisotopic (exact) mass is 178 g/mol. The summed E-state index contributed by atoms with van der Waals surface area (Å²) in [6.07, 6.45) is 2.89. The Hall–Kier alpha value is -1.18. The molecule has 0 spiro atoms. The molecule has 1 fully saturated rings. The molecule has 2 heteroatoms. The van der Waals surface area contributed by atoms with E-state index in [1.54, 1.807) is 12.1 Å². The van der Waals surface area contributed by atoms with E-state index in [9.17, 15) is 9.18 Å². The Balaban J connectivity index is 2.09. The molecule has 0 aromatic heterocycles. The van der Waals surface area contributed by atoms with E-state index < -0.39 is 0 Å². The highest BCUT2D eigenvalue weighted by molar-refractivity contribution is 5.96. The predicted molar refractivity (Wildman–Crippen MR) is 48.1 cm³/mol. The number of hydrogen-bond acceptors (Lipinski definition) is 1. The predicted octanol–water partition coefficient (Wildman–Crippen LogP) is 2.81. The van der Waals surface area contributed by atoms with Crippen LogP contribution in [0.25, 0.3) is 0 Å². The van der Waals surface area contributed by atoms with Gasteiger partial charge in [-0.15, -0.1) is 0 Å². The number of ketones is 1. The van der Waals surface area contributed by atoms with Crippen LogP contribution in [0.5, 0.6) is 0 Å². The van der Waals surface area contributed by atoms with Gasteiger partial charge >= 0.3 is 0 Å². The number of Topliss-reactive ketones (excluding diaryl/α,β-unsaturated/α-hetero) is 1. The van der Waals surface area contributed by atoms with Crippen molar-refractivity contribution in [3.8, 4) is 0 Å². The molecule has 1 saturated carbocycles. The first-order valence-corrected chi connectivity index (χ1v) is 4.54. The second-order valence-corrected chi connectivity index (χ2v) is 3.58. The van der Waals surface area contributed by atoms with Crippen molar-refractivity contribution in [2.45, 2.75) is 19.3 Å². The van der Waals surface area contributed by atoms with Gasteiger partial charge in [0.25, 0.3) is 0 Å². The van der Waals surface area contributed by atoms with E-state index in [1.165, 1.54) is 12.1 Å². The third-order valence-corrected chi connectivity index (χ3v) is 2.32. The van der Waals surface area contributed by atoms with Crippen LogP contribution in [-0.4, -0.2) is 5.78 Å². The Labute approximate surface area is 76.6 Å². The third-order valence-electron chi connectivity index (χ3n) is 2.32. The Kier molecular flexibility index (Phi) is 2.13. The summed E-state index contributed by atoms with van der Waals surface area (Å²) in [5.74, 6) is 0.305. The molecular formula is C11H11FO. The van der Waals surface area contributed by atoms with E-state index in [0.717, 1.165) is 12.8 Å². The molecule has 1 aromatic rings. The van der Waals surface area contributed by atoms with Crippen LogP contribution in [-0.2, 0) is 0 Å². The summed E-state index contributed by atoms with van der Waals surface area (Å²) in [5.41, 5.74) is 0.506. The highest BCUT2D eigenvalue weighted by atomic mass is 19.1. The first-order valence-electron chi connectivity index (χ1n) is 4.54. The van der Waals surface area contributed by atoms with Crippen LogP contribution in [0.1, 0.15) is 29.6 Å². The van der Waals surface area contributed by atoms with Crippen LogP contribution in [0, 0.1) is 11.7 Å². The molecule has 0 heterocycles. The maximum absolute atomic E-state index is 12.7. The van der Waals surface area contributed by atoms with Gasteiger partial charge in [0.1, 0.15) is 5.82 Å². The van der Waals surface area contributed by atoms with E-state index >= 15 is 0 Å². The van der Waals surface area contributed by atoms with Crippen LogP contribution in [0.3, 0.4) is 0 Å². The molecule has 0 radical (unpaired) electrons. The molecule has 0 saturated heterocycles. The van der Waals surface area contributed by atoms with Crippen molar-refractivity contribution in [1.82, 2.24) is 0 Å². The van der Waals surface area contributed by atoms with Crippen LogP contribution in [0.15, 0.2) is 24.3 Å². The van der Waals surface area contributed by atoms with Gasteiger partial charge in [-0.25, -0.2) is 4.39 Å². The largest absolute Gasteiger partial charge is 0.294 e. The lowest BCUT2D eigenvalue weighted by Gasteiger charge is -1.98. The fraction of sp³-hybridized carbons (Fsp3) is 0.364. The lowest BCUT2D eigenvalue weighted by atomic mass is 10.1. The van der Waals surface area contributed by atoms with E-state index in [-0.39, 0.29) is 11.6 Å². The molecular weight excluding hydrogens is 167 g/mol. The van der Waals surface area contributed by atoms with Gasteiger partial charge in [-0.1, -0.05) is 12.1 Å². The smallest absolute Gasteiger partial charge is 0.163 e. The van der Waals surface area contributed by atoms with Gasteiger partial charge in [0.15, 0.2) is 5.78 Å². The standard InChI is InChI=1S/C11H11FO/c12-10-3-1-2-9(7-10)11(13)6-8-4-5-8/h1-3,7-8H,4-6H2. The zero-order chi connectivity index (χ0) is 9.26. The van der Waals surface area contributed by atoms with Crippen molar-refractivity contribution >= 4 is 5.78 Å². The summed E-state index contributed by atoms with van der Waals surface area (Å²) < 4.78 is 12.7. The van der Waals surface area contributed by atoms with E-state index in [0.29, 0.717) is 17.9 Å². The molecule has 1 aliphatic rings. The summed E-state index contributed by atoms with van der Waals surface area (Å²) in [7, 11) is 0. The zero-order valence-electron chi connectivity index (χ0n) is 7.29. The Bertz CT molecular complexity index is 329. The molecule has 0 atom stereocenters. The fourth-order valence-electron chi connectivity index (χ4n) is 1.36. The van der Waals surface area contributed by atoms with Gasteiger partial charge in [-0.2, -0.15) is 0 Å². The fourth-order valence-corrected chi connectivity index (χ4v) is 1.36. The minimum atomic E-state index is -0.332. The summed E-state index contributed by atoms with van der Waals surface area (Å²) >= 11 is 0. The molecule has 0 bridgehead atoms. The molecule has 0 N–H and O–H groups in total. The number of carbonyl (C=O) groups is 1. The lowest BCUT2D eigenvalue weighted by molar-refractivity contribution is 0.0975. The van der Waals surface area contributed by atoms with Gasteiger partial charge in [-0.3, -0.25) is 4.79 Å². The van der Waals surface area contributed by atoms with Crippen LogP contribution >= 0.6 is 0 Å². The molecule has 13 heavy (non-hydrogen) atoms. The van der Waals surface area contributed by atoms with Crippen molar-refractivity contribution in [3.05, 3.63) is 35.6 Å². The number of hydrogen-bond donors (Lipinski definition) is 0. The van der Waals surface area contributed by atoms with Gasteiger partial charge < -0.3 is 0 Å². The second-order valence-electron chi connectivity index (χ2n) is 3.58. The van der Waals surface area contributed by atoms with E-state index in [4.69, 9.17) is 0 Å². The second kappa shape index (κ2) is 3.29. The molecule has 0 unspecified atom stereocenters. The molecule has 68 valence electrons. The lowest BCUT2D eigenvalue weighted by Crippen LogP contribution is -2.00. The van der Waals surface area contributed by atoms with Gasteiger partial charge in [0.05, 0.1) is 0 Å². The molecule has 1 aromatic carbocycles. The number of carbonyl (C=O) groups excluding carboxylic acids is 1. The number of halogens is 1. The molecule has 0 amide bonds. The van der Waals surface area contributed by atoms with Crippen molar-refractivity contribution in [1.29, 1.82) is 0 Å². The topological polar surface area (TPSA) is 17.1 Å².